The van der Waals surface area contributed by atoms with Crippen molar-refractivity contribution in [2.45, 2.75) is 37.8 Å². The second-order valence-electron chi connectivity index (χ2n) is 5.68. The Balaban J connectivity index is 1.94. The van der Waals surface area contributed by atoms with Gasteiger partial charge in [-0.1, -0.05) is 17.3 Å². The van der Waals surface area contributed by atoms with Crippen molar-refractivity contribution >= 4 is 11.0 Å². The fourth-order valence-electron chi connectivity index (χ4n) is 3.54. The lowest BCUT2D eigenvalue weighted by Gasteiger charge is -2.58. The van der Waals surface area contributed by atoms with Crippen molar-refractivity contribution in [1.82, 2.24) is 14.5 Å². The summed E-state index contributed by atoms with van der Waals surface area (Å²) in [6.07, 6.45) is 6.84. The van der Waals surface area contributed by atoms with Crippen molar-refractivity contribution in [2.24, 2.45) is 0 Å². The summed E-state index contributed by atoms with van der Waals surface area (Å²) >= 11 is 0. The maximum Gasteiger partial charge on any atom is 0.0324 e. The molecule has 3 heteroatoms. The zero-order valence-electron chi connectivity index (χ0n) is 10.5. The van der Waals surface area contributed by atoms with Gasteiger partial charge in [-0.2, -0.15) is 0 Å². The van der Waals surface area contributed by atoms with Crippen LogP contribution >= 0.6 is 0 Å². The summed E-state index contributed by atoms with van der Waals surface area (Å²) in [6.45, 7) is 0.898. The van der Waals surface area contributed by atoms with E-state index in [9.17, 15) is 0 Å². The van der Waals surface area contributed by atoms with Crippen molar-refractivity contribution in [3.63, 3.8) is 0 Å². The first kappa shape index (κ1) is 10.4. The highest BCUT2D eigenvalue weighted by Crippen LogP contribution is 2.46. The van der Waals surface area contributed by atoms with Crippen molar-refractivity contribution in [3.8, 4) is 0 Å². The number of aromatic nitrogens is 2. The molecule has 1 aliphatic carbocycles. The molecule has 4 rings (SSSR count). The predicted molar refractivity (Wildman–Crippen MR) is 71.7 cm³/mol. The maximum absolute atomic E-state index is 4.46. The van der Waals surface area contributed by atoms with Gasteiger partial charge in [0.25, 0.3) is 0 Å². The third kappa shape index (κ3) is 1.13. The third-order valence-electron chi connectivity index (χ3n) is 4.84. The molecule has 0 radical (unpaired) electrons. The summed E-state index contributed by atoms with van der Waals surface area (Å²) in [5.74, 6) is 0. The Hall–Kier alpha value is -1.48. The minimum Gasteiger partial charge on any atom is -0.468 e. The molecule has 0 aromatic carbocycles. The van der Waals surface area contributed by atoms with Crippen LogP contribution in [0.5, 0.6) is 0 Å². The number of hydrogen-bond donors (Lipinski definition) is 0. The first-order chi connectivity index (χ1) is 8.71. The van der Waals surface area contributed by atoms with Gasteiger partial charge in [-0.05, 0) is 49.2 Å². The van der Waals surface area contributed by atoms with Crippen molar-refractivity contribution in [2.75, 3.05) is 0 Å². The van der Waals surface area contributed by atoms with Crippen LogP contribution in [0.2, 0.25) is 0 Å². The topological polar surface area (TPSA) is 21.1 Å². The summed E-state index contributed by atoms with van der Waals surface area (Å²) in [4.78, 5) is 6.74. The van der Waals surface area contributed by atoms with Gasteiger partial charge in [-0.3, -0.25) is 7.05 Å². The molecule has 0 bridgehead atoms. The monoisotopic (exact) mass is 239 g/mol. The van der Waals surface area contributed by atoms with E-state index in [1.807, 2.05) is 16.8 Å². The molecule has 1 aliphatic heterocycles. The first-order valence-corrected chi connectivity index (χ1v) is 6.57. The maximum atomic E-state index is 4.46. The number of pyridine rings is 1. The molecule has 0 unspecified atom stereocenters. The standard InChI is InChI=1S/C15H17N3/c1-17-10-13-12(9-15(17)6-4-7-15)11-5-3-8-16-14(11)18(13)2/h3,5,8H,1-2,4,6-7,9-10H2/q-2. The van der Waals surface area contributed by atoms with E-state index in [1.54, 1.807) is 0 Å². The van der Waals surface area contributed by atoms with Gasteiger partial charge in [0, 0.05) is 11.8 Å². The minimum absolute atomic E-state index is 0.317. The van der Waals surface area contributed by atoms with Crippen LogP contribution in [0.15, 0.2) is 18.3 Å². The second kappa shape index (κ2) is 3.29. The van der Waals surface area contributed by atoms with Crippen LogP contribution in [0.4, 0.5) is 0 Å². The average Bonchev–Trinajstić information content (AvgIpc) is 2.61. The van der Waals surface area contributed by atoms with Crippen LogP contribution in [-0.2, 0) is 13.0 Å². The fraction of sp³-hybridized carbons (Fsp3) is 0.400. The van der Waals surface area contributed by atoms with Gasteiger partial charge in [0.15, 0.2) is 0 Å². The normalized spacial score (nSPS) is 22.1. The number of fused-ring (bicyclic) bond motifs is 3. The highest BCUT2D eigenvalue weighted by atomic mass is 15.2. The molecule has 1 spiro atoms. The summed E-state index contributed by atoms with van der Waals surface area (Å²) in [6, 6.07) is 4.20. The molecule has 94 valence electrons. The molecule has 0 N–H and O–H groups in total. The second-order valence-corrected chi connectivity index (χ2v) is 5.68. The molecule has 1 saturated carbocycles. The van der Waals surface area contributed by atoms with E-state index in [-0.39, 0.29) is 0 Å². The van der Waals surface area contributed by atoms with Crippen LogP contribution in [0.25, 0.3) is 11.0 Å². The number of rotatable bonds is 0. The molecule has 2 aromatic heterocycles. The van der Waals surface area contributed by atoms with E-state index in [2.05, 4.69) is 30.0 Å². The Bertz CT molecular complexity index is 622. The van der Waals surface area contributed by atoms with E-state index in [0.29, 0.717) is 5.54 Å². The van der Waals surface area contributed by atoms with E-state index in [0.717, 1.165) is 18.6 Å². The molecule has 1 fully saturated rings. The molecule has 0 atom stereocenters. The molecule has 2 aliphatic rings. The molecular formula is C15H17N3-2. The first-order valence-electron chi connectivity index (χ1n) is 6.57. The highest BCUT2D eigenvalue weighted by Gasteiger charge is 2.40. The Labute approximate surface area is 107 Å². The molecule has 2 aromatic rings. The zero-order chi connectivity index (χ0) is 12.3. The van der Waals surface area contributed by atoms with Gasteiger partial charge in [-0.15, -0.1) is 7.05 Å². The predicted octanol–water partition coefficient (Wildman–Crippen LogP) is 2.75. The van der Waals surface area contributed by atoms with Crippen molar-refractivity contribution < 1.29 is 0 Å². The van der Waals surface area contributed by atoms with E-state index >= 15 is 0 Å². The summed E-state index contributed by atoms with van der Waals surface area (Å²) in [5, 5.41) is 1.28. The van der Waals surface area contributed by atoms with E-state index in [1.165, 1.54) is 35.9 Å². The zero-order valence-corrected chi connectivity index (χ0v) is 10.5. The quantitative estimate of drug-likeness (QED) is 0.659. The third-order valence-corrected chi connectivity index (χ3v) is 4.84. The molecule has 3 heterocycles. The Morgan fingerprint density at radius 3 is 2.83 bits per heavy atom. The van der Waals surface area contributed by atoms with Crippen LogP contribution in [0.1, 0.15) is 30.5 Å². The highest BCUT2D eigenvalue weighted by molar-refractivity contribution is 5.83. The Morgan fingerprint density at radius 2 is 2.11 bits per heavy atom. The van der Waals surface area contributed by atoms with Crippen molar-refractivity contribution in [3.05, 3.63) is 43.7 Å². The molecule has 18 heavy (non-hydrogen) atoms. The number of hydrogen-bond acceptors (Lipinski definition) is 2. The molecule has 3 nitrogen and oxygen atoms in total. The average molecular weight is 239 g/mol. The summed E-state index contributed by atoms with van der Waals surface area (Å²) in [5.41, 5.74) is 4.06. The smallest absolute Gasteiger partial charge is 0.0324 e. The summed E-state index contributed by atoms with van der Waals surface area (Å²) in [7, 11) is 8.40. The molecule has 0 amide bonds. The largest absolute Gasteiger partial charge is 0.468 e. The van der Waals surface area contributed by atoms with Crippen LogP contribution in [-0.4, -0.2) is 20.0 Å². The Morgan fingerprint density at radius 1 is 1.28 bits per heavy atom. The van der Waals surface area contributed by atoms with Crippen LogP contribution in [0, 0.1) is 14.1 Å². The van der Waals surface area contributed by atoms with Gasteiger partial charge < -0.3 is 14.5 Å². The van der Waals surface area contributed by atoms with Gasteiger partial charge in [0.1, 0.15) is 0 Å². The van der Waals surface area contributed by atoms with Crippen LogP contribution in [0.3, 0.4) is 0 Å². The Kier molecular flexibility index (Phi) is 1.91. The summed E-state index contributed by atoms with van der Waals surface area (Å²) < 4.78 is 1.99. The van der Waals surface area contributed by atoms with Gasteiger partial charge in [0.05, 0.1) is 0 Å². The van der Waals surface area contributed by atoms with Gasteiger partial charge in [0.2, 0.25) is 0 Å². The van der Waals surface area contributed by atoms with Crippen LogP contribution < -0.4 is 0 Å². The van der Waals surface area contributed by atoms with Gasteiger partial charge in [-0.25, -0.2) is 0 Å². The van der Waals surface area contributed by atoms with E-state index in [4.69, 9.17) is 0 Å². The number of nitrogens with zero attached hydrogens (tertiary/aromatic N) is 3. The lowest BCUT2D eigenvalue weighted by atomic mass is 9.69. The molecule has 0 saturated heterocycles. The SMILES string of the molecule is [CH2-]N1Cc2c(c3cccnc3n2[CH2-])CC12CCC2. The fourth-order valence-corrected chi connectivity index (χ4v) is 3.54. The lowest BCUT2D eigenvalue weighted by molar-refractivity contribution is 0.0360. The van der Waals surface area contributed by atoms with Crippen molar-refractivity contribution in [1.29, 1.82) is 0 Å². The lowest BCUT2D eigenvalue weighted by Crippen LogP contribution is -2.54. The van der Waals surface area contributed by atoms with Gasteiger partial charge >= 0.3 is 0 Å². The molecular weight excluding hydrogens is 222 g/mol. The minimum atomic E-state index is 0.317. The van der Waals surface area contributed by atoms with E-state index < -0.39 is 0 Å².